The van der Waals surface area contributed by atoms with Gasteiger partial charge in [0, 0.05) is 9.16 Å². The molecule has 0 N–H and O–H groups in total. The first-order valence-corrected chi connectivity index (χ1v) is 7.70. The number of hydrogen-bond acceptors (Lipinski definition) is 4. The van der Waals surface area contributed by atoms with Crippen LogP contribution in [0.25, 0.3) is 0 Å². The molecule has 1 heterocycles. The molecule has 0 aromatic carbocycles. The summed E-state index contributed by atoms with van der Waals surface area (Å²) in [5.74, 6) is 1.42. The van der Waals surface area contributed by atoms with Crippen LogP contribution in [-0.2, 0) is 18.8 Å². The Kier molecular flexibility index (Phi) is 5.75. The van der Waals surface area contributed by atoms with E-state index in [0.29, 0.717) is 32.3 Å². The lowest BCUT2D eigenvalue weighted by atomic mass is 9.89. The third-order valence-corrected chi connectivity index (χ3v) is 3.90. The van der Waals surface area contributed by atoms with E-state index in [1.165, 1.54) is 6.08 Å². The van der Waals surface area contributed by atoms with Crippen molar-refractivity contribution < 1.29 is 21.6 Å². The summed E-state index contributed by atoms with van der Waals surface area (Å²) in [7, 11) is -0.533. The van der Waals surface area contributed by atoms with Gasteiger partial charge in [-0.05, 0) is 53.8 Å². The van der Waals surface area contributed by atoms with Crippen molar-refractivity contribution in [2.75, 3.05) is 6.61 Å². The zero-order chi connectivity index (χ0) is 17.7. The zero-order valence-electron chi connectivity index (χ0n) is 15.9. The van der Waals surface area contributed by atoms with E-state index >= 15 is 0 Å². The number of rotatable bonds is 8. The first kappa shape index (κ1) is 15.1. The summed E-state index contributed by atoms with van der Waals surface area (Å²) in [5, 5.41) is 0. The molecule has 0 aliphatic carbocycles. The standard InChI is InChI=1S/C16H29BO4/c1-6-19-14(18)12-10-8-7-9-11-13-17-20-15(2,3)16(4,5)21-17/h11,13H,6-10,12H2,1-5H3/b13-11+/i9D2. The lowest BCUT2D eigenvalue weighted by molar-refractivity contribution is -0.143. The molecule has 1 aliphatic heterocycles. The Labute approximate surface area is 132 Å². The molecule has 5 heteroatoms. The van der Waals surface area contributed by atoms with Gasteiger partial charge in [0.05, 0.1) is 17.8 Å². The van der Waals surface area contributed by atoms with Crippen molar-refractivity contribution in [3.05, 3.63) is 12.1 Å². The van der Waals surface area contributed by atoms with E-state index in [0.717, 1.165) is 0 Å². The van der Waals surface area contributed by atoms with Gasteiger partial charge in [0.1, 0.15) is 0 Å². The molecule has 1 rings (SSSR count). The van der Waals surface area contributed by atoms with Crippen molar-refractivity contribution in [3.8, 4) is 0 Å². The summed E-state index contributed by atoms with van der Waals surface area (Å²) >= 11 is 0. The first-order chi connectivity index (χ1) is 10.5. The summed E-state index contributed by atoms with van der Waals surface area (Å²) < 4.78 is 32.5. The van der Waals surface area contributed by atoms with Crippen LogP contribution in [0, 0.1) is 0 Å². The van der Waals surface area contributed by atoms with Crippen LogP contribution in [0.2, 0.25) is 0 Å². The molecule has 1 aliphatic rings. The Bertz CT molecular complexity index is 420. The van der Waals surface area contributed by atoms with Gasteiger partial charge in [-0.1, -0.05) is 18.5 Å². The van der Waals surface area contributed by atoms with Gasteiger partial charge in [0.15, 0.2) is 0 Å². The molecule has 0 bridgehead atoms. The maximum absolute atomic E-state index is 11.2. The fourth-order valence-electron chi connectivity index (χ4n) is 1.93. The largest absolute Gasteiger partial charge is 0.486 e. The predicted octanol–water partition coefficient (Wildman–Crippen LogP) is 3.69. The highest BCUT2D eigenvalue weighted by molar-refractivity contribution is 6.51. The topological polar surface area (TPSA) is 44.8 Å². The first-order valence-electron chi connectivity index (χ1n) is 8.70. The molecule has 0 aromatic rings. The van der Waals surface area contributed by atoms with Crippen molar-refractivity contribution in [1.29, 1.82) is 0 Å². The fraction of sp³-hybridized carbons (Fsp3) is 0.812. The lowest BCUT2D eigenvalue weighted by Crippen LogP contribution is -2.41. The molecule has 120 valence electrons. The van der Waals surface area contributed by atoms with Gasteiger partial charge in [-0.15, -0.1) is 0 Å². The molecule has 0 amide bonds. The van der Waals surface area contributed by atoms with E-state index in [9.17, 15) is 4.79 Å². The highest BCUT2D eigenvalue weighted by Gasteiger charge is 2.49. The second-order valence-electron chi connectivity index (χ2n) is 6.20. The molecule has 0 aromatic heterocycles. The SMILES string of the molecule is [2H]C([2H])(/C=C/B1OC(C)(C)C(C)(C)O1)CCCCC(=O)OCC. The molecule has 0 radical (unpaired) electrons. The van der Waals surface area contributed by atoms with Gasteiger partial charge in [-0.25, -0.2) is 0 Å². The van der Waals surface area contributed by atoms with E-state index in [4.69, 9.17) is 16.8 Å². The molecule has 0 saturated carbocycles. The minimum Gasteiger partial charge on any atom is -0.466 e. The van der Waals surface area contributed by atoms with Crippen LogP contribution in [0.4, 0.5) is 0 Å². The second-order valence-corrected chi connectivity index (χ2v) is 6.20. The summed E-state index contributed by atoms with van der Waals surface area (Å²) in [6.45, 7) is 10.0. The highest BCUT2D eigenvalue weighted by Crippen LogP contribution is 2.36. The van der Waals surface area contributed by atoms with E-state index in [2.05, 4.69) is 0 Å². The highest BCUT2D eigenvalue weighted by atomic mass is 16.7. The van der Waals surface area contributed by atoms with E-state index in [1.807, 2.05) is 27.7 Å². The van der Waals surface area contributed by atoms with Crippen molar-refractivity contribution in [3.63, 3.8) is 0 Å². The molecule has 0 spiro atoms. The number of carbonyl (C=O) groups is 1. The number of unbranched alkanes of at least 4 members (excludes halogenated alkanes) is 1. The average Bonchev–Trinajstić information content (AvgIpc) is 2.61. The molecule has 0 unspecified atom stereocenters. The smallest absolute Gasteiger partial charge is 0.466 e. The van der Waals surface area contributed by atoms with Crippen LogP contribution in [-0.4, -0.2) is 30.9 Å². The zero-order valence-corrected chi connectivity index (χ0v) is 13.9. The van der Waals surface area contributed by atoms with E-state index < -0.39 is 24.7 Å². The third-order valence-electron chi connectivity index (χ3n) is 3.90. The predicted molar refractivity (Wildman–Crippen MR) is 84.9 cm³/mol. The Morgan fingerprint density at radius 2 is 1.81 bits per heavy atom. The van der Waals surface area contributed by atoms with Crippen molar-refractivity contribution in [2.24, 2.45) is 0 Å². The molecule has 21 heavy (non-hydrogen) atoms. The Balaban J connectivity index is 2.39. The number of hydrogen-bond donors (Lipinski definition) is 0. The third kappa shape index (κ3) is 5.83. The maximum Gasteiger partial charge on any atom is 0.486 e. The monoisotopic (exact) mass is 298 g/mol. The number of esters is 1. The molecule has 0 atom stereocenters. The molecular weight excluding hydrogens is 267 g/mol. The maximum atomic E-state index is 11.2. The van der Waals surface area contributed by atoms with E-state index in [-0.39, 0.29) is 5.97 Å². The minimum absolute atomic E-state index is 0.221. The minimum atomic E-state index is -1.45. The van der Waals surface area contributed by atoms with Crippen molar-refractivity contribution in [2.45, 2.75) is 77.9 Å². The molecule has 1 saturated heterocycles. The number of ether oxygens (including phenoxy) is 1. The summed E-state index contributed by atoms with van der Waals surface area (Å²) in [5.41, 5.74) is -0.845. The summed E-state index contributed by atoms with van der Waals surface area (Å²) in [6, 6.07) is 0. The molecule has 4 nitrogen and oxygen atoms in total. The molecular formula is C16H29BO4. The second kappa shape index (κ2) is 7.99. The average molecular weight is 298 g/mol. The summed E-state index contributed by atoms with van der Waals surface area (Å²) in [4.78, 5) is 11.2. The lowest BCUT2D eigenvalue weighted by Gasteiger charge is -2.32. The summed E-state index contributed by atoms with van der Waals surface area (Å²) in [6.07, 6.45) is 1.99. The number of allylic oxidation sites excluding steroid dienone is 1. The van der Waals surface area contributed by atoms with E-state index in [1.54, 1.807) is 12.9 Å². The quantitative estimate of drug-likeness (QED) is 0.389. The van der Waals surface area contributed by atoms with Crippen LogP contribution in [0.15, 0.2) is 12.1 Å². The van der Waals surface area contributed by atoms with Gasteiger partial charge >= 0.3 is 13.1 Å². The van der Waals surface area contributed by atoms with Gasteiger partial charge in [0.2, 0.25) is 0 Å². The van der Waals surface area contributed by atoms with Gasteiger partial charge in [-0.2, -0.15) is 0 Å². The normalized spacial score (nSPS) is 22.2. The number of carbonyl (C=O) groups excluding carboxylic acids is 1. The van der Waals surface area contributed by atoms with Crippen molar-refractivity contribution in [1.82, 2.24) is 0 Å². The van der Waals surface area contributed by atoms with Crippen LogP contribution in [0.3, 0.4) is 0 Å². The van der Waals surface area contributed by atoms with Crippen LogP contribution in [0.5, 0.6) is 0 Å². The fourth-order valence-corrected chi connectivity index (χ4v) is 1.93. The van der Waals surface area contributed by atoms with Gasteiger partial charge in [0.25, 0.3) is 0 Å². The van der Waals surface area contributed by atoms with Crippen molar-refractivity contribution >= 4 is 13.1 Å². The Morgan fingerprint density at radius 3 is 2.38 bits per heavy atom. The van der Waals surface area contributed by atoms with Gasteiger partial charge in [-0.3, -0.25) is 4.79 Å². The molecule has 1 fully saturated rings. The van der Waals surface area contributed by atoms with Gasteiger partial charge < -0.3 is 14.0 Å². The Morgan fingerprint density at radius 1 is 1.19 bits per heavy atom. The van der Waals surface area contributed by atoms with Crippen LogP contribution in [0.1, 0.15) is 69.4 Å². The van der Waals surface area contributed by atoms with Crippen LogP contribution >= 0.6 is 0 Å². The Hall–Kier alpha value is -0.805. The van der Waals surface area contributed by atoms with Crippen LogP contribution < -0.4 is 0 Å².